The molecule has 0 N–H and O–H groups in total. The van der Waals surface area contributed by atoms with Gasteiger partial charge in [-0.1, -0.05) is 36.2 Å². The van der Waals surface area contributed by atoms with E-state index in [0.29, 0.717) is 36.0 Å². The first kappa shape index (κ1) is 19.1. The maximum atomic E-state index is 12.5. The largest absolute Gasteiger partial charge is 0.343 e. The molecule has 0 saturated carbocycles. The number of likely N-dealkylation sites (tertiary alicyclic amines) is 1. The van der Waals surface area contributed by atoms with Gasteiger partial charge in [0.1, 0.15) is 0 Å². The van der Waals surface area contributed by atoms with Crippen LogP contribution in [0, 0.1) is 0 Å². The van der Waals surface area contributed by atoms with Gasteiger partial charge < -0.3 is 9.80 Å². The van der Waals surface area contributed by atoms with Crippen LogP contribution < -0.4 is 0 Å². The van der Waals surface area contributed by atoms with Crippen molar-refractivity contribution in [2.45, 2.75) is 52.1 Å². The average Bonchev–Trinajstić information content (AvgIpc) is 2.88. The van der Waals surface area contributed by atoms with Gasteiger partial charge in [0.25, 0.3) is 0 Å². The van der Waals surface area contributed by atoms with Gasteiger partial charge in [-0.2, -0.15) is 0 Å². The van der Waals surface area contributed by atoms with Gasteiger partial charge in [0.2, 0.25) is 11.8 Å². The average molecular weight is 371 g/mol. The first-order valence-electron chi connectivity index (χ1n) is 8.47. The third-order valence-corrected chi connectivity index (χ3v) is 5.03. The molecule has 0 aliphatic carbocycles. The Balaban J connectivity index is 2.07. The molecule has 0 spiro atoms. The smallest absolute Gasteiger partial charge is 0.224 e. The number of rotatable bonds is 7. The molecule has 6 heteroatoms. The van der Waals surface area contributed by atoms with Gasteiger partial charge in [0.05, 0.1) is 0 Å². The second-order valence-electron chi connectivity index (χ2n) is 6.13. The molecule has 1 aliphatic heterocycles. The summed E-state index contributed by atoms with van der Waals surface area (Å²) in [6, 6.07) is 5.23. The van der Waals surface area contributed by atoms with Crippen molar-refractivity contribution in [1.82, 2.24) is 9.80 Å². The summed E-state index contributed by atoms with van der Waals surface area (Å²) in [5.41, 5.74) is 0.856. The van der Waals surface area contributed by atoms with Crippen LogP contribution in [-0.4, -0.2) is 40.7 Å². The first-order valence-corrected chi connectivity index (χ1v) is 9.23. The van der Waals surface area contributed by atoms with Crippen molar-refractivity contribution < 1.29 is 9.59 Å². The van der Waals surface area contributed by atoms with Crippen LogP contribution in [-0.2, 0) is 16.1 Å². The van der Waals surface area contributed by atoms with E-state index in [1.807, 2.05) is 17.9 Å². The van der Waals surface area contributed by atoms with Gasteiger partial charge in [-0.15, -0.1) is 0 Å². The molecule has 1 atom stereocenters. The summed E-state index contributed by atoms with van der Waals surface area (Å²) in [7, 11) is 0. The maximum Gasteiger partial charge on any atom is 0.224 e. The minimum atomic E-state index is -0.0531. The van der Waals surface area contributed by atoms with Gasteiger partial charge in [0.15, 0.2) is 0 Å². The van der Waals surface area contributed by atoms with Crippen molar-refractivity contribution in [1.29, 1.82) is 0 Å². The number of halogens is 2. The van der Waals surface area contributed by atoms with Gasteiger partial charge in [-0.3, -0.25) is 9.59 Å². The van der Waals surface area contributed by atoms with Gasteiger partial charge in [-0.25, -0.2) is 0 Å². The molecule has 24 heavy (non-hydrogen) atoms. The lowest BCUT2D eigenvalue weighted by Gasteiger charge is -2.28. The summed E-state index contributed by atoms with van der Waals surface area (Å²) in [4.78, 5) is 28.4. The van der Waals surface area contributed by atoms with Crippen LogP contribution in [0.1, 0.15) is 45.1 Å². The van der Waals surface area contributed by atoms with E-state index >= 15 is 0 Å². The Morgan fingerprint density at radius 3 is 2.71 bits per heavy atom. The molecule has 1 aromatic carbocycles. The lowest BCUT2D eigenvalue weighted by Crippen LogP contribution is -2.39. The third kappa shape index (κ3) is 4.64. The van der Waals surface area contributed by atoms with Gasteiger partial charge in [-0.05, 0) is 37.5 Å². The summed E-state index contributed by atoms with van der Waals surface area (Å²) < 4.78 is 0. The second-order valence-corrected chi connectivity index (χ2v) is 6.97. The molecule has 0 radical (unpaired) electrons. The molecule has 0 bridgehead atoms. The Morgan fingerprint density at radius 1 is 1.33 bits per heavy atom. The summed E-state index contributed by atoms with van der Waals surface area (Å²) in [5.74, 6) is 0.198. The Hall–Kier alpha value is -1.26. The van der Waals surface area contributed by atoms with Crippen molar-refractivity contribution in [3.63, 3.8) is 0 Å². The molecular formula is C18H24Cl2N2O2. The summed E-state index contributed by atoms with van der Waals surface area (Å²) >= 11 is 12.2. The Bertz CT molecular complexity index is 607. The van der Waals surface area contributed by atoms with Crippen LogP contribution in [0.15, 0.2) is 18.2 Å². The fraction of sp³-hybridized carbons (Fsp3) is 0.556. The number of hydrogen-bond acceptors (Lipinski definition) is 2. The zero-order chi connectivity index (χ0) is 17.7. The van der Waals surface area contributed by atoms with Crippen molar-refractivity contribution in [2.75, 3.05) is 13.1 Å². The molecule has 1 saturated heterocycles. The second kappa shape index (κ2) is 8.72. The van der Waals surface area contributed by atoms with E-state index in [0.717, 1.165) is 24.9 Å². The molecule has 1 fully saturated rings. The molecule has 2 rings (SSSR count). The van der Waals surface area contributed by atoms with E-state index < -0.39 is 0 Å². The number of carbonyl (C=O) groups excluding carboxylic acids is 2. The Labute approximate surface area is 153 Å². The highest BCUT2D eigenvalue weighted by atomic mass is 35.5. The van der Waals surface area contributed by atoms with Crippen molar-refractivity contribution in [3.8, 4) is 0 Å². The quantitative estimate of drug-likeness (QED) is 0.723. The van der Waals surface area contributed by atoms with Crippen molar-refractivity contribution >= 4 is 35.0 Å². The monoisotopic (exact) mass is 370 g/mol. The van der Waals surface area contributed by atoms with Gasteiger partial charge in [0, 0.05) is 48.6 Å². The third-order valence-electron chi connectivity index (χ3n) is 4.45. The topological polar surface area (TPSA) is 40.6 Å². The molecule has 2 amide bonds. The lowest BCUT2D eigenvalue weighted by atomic mass is 10.1. The van der Waals surface area contributed by atoms with Crippen LogP contribution >= 0.6 is 23.2 Å². The fourth-order valence-corrected chi connectivity index (χ4v) is 3.58. The van der Waals surface area contributed by atoms with E-state index in [1.54, 1.807) is 17.0 Å². The normalized spacial score (nSPS) is 17.4. The zero-order valence-electron chi connectivity index (χ0n) is 14.2. The van der Waals surface area contributed by atoms with Crippen LogP contribution in [0.2, 0.25) is 10.0 Å². The highest BCUT2D eigenvalue weighted by Crippen LogP contribution is 2.28. The van der Waals surface area contributed by atoms with E-state index in [-0.39, 0.29) is 17.9 Å². The summed E-state index contributed by atoms with van der Waals surface area (Å²) in [6.07, 6.45) is 2.53. The molecule has 4 nitrogen and oxygen atoms in total. The number of nitrogens with zero attached hydrogens (tertiary/aromatic N) is 2. The molecule has 1 aromatic rings. The van der Waals surface area contributed by atoms with E-state index in [2.05, 4.69) is 6.92 Å². The molecule has 1 unspecified atom stereocenters. The predicted octanol–water partition coefficient (Wildman–Crippen LogP) is 4.13. The molecule has 132 valence electrons. The maximum absolute atomic E-state index is 12.5. The SMILES string of the molecule is CCCN(CC)C(=O)CC1CCC(=O)N1Cc1ccc(Cl)cc1Cl. The number of carbonyl (C=O) groups is 2. The van der Waals surface area contributed by atoms with Crippen molar-refractivity contribution in [3.05, 3.63) is 33.8 Å². The number of benzene rings is 1. The van der Waals surface area contributed by atoms with E-state index in [1.165, 1.54) is 0 Å². The Morgan fingerprint density at radius 2 is 2.08 bits per heavy atom. The van der Waals surface area contributed by atoms with E-state index in [4.69, 9.17) is 23.2 Å². The number of amides is 2. The molecule has 1 heterocycles. The molecule has 0 aromatic heterocycles. The summed E-state index contributed by atoms with van der Waals surface area (Å²) in [6.45, 7) is 5.94. The zero-order valence-corrected chi connectivity index (χ0v) is 15.7. The van der Waals surface area contributed by atoms with Crippen molar-refractivity contribution in [2.24, 2.45) is 0 Å². The minimum Gasteiger partial charge on any atom is -0.343 e. The van der Waals surface area contributed by atoms with Crippen LogP contribution in [0.4, 0.5) is 0 Å². The Kier molecular flexibility index (Phi) is 6.93. The van der Waals surface area contributed by atoms with Gasteiger partial charge >= 0.3 is 0 Å². The standard InChI is InChI=1S/C18H24Cl2N2O2/c1-3-9-21(4-2)18(24)11-15-7-8-17(23)22(15)12-13-5-6-14(19)10-16(13)20/h5-6,10,15H,3-4,7-9,11-12H2,1-2H3. The van der Waals surface area contributed by atoms with Crippen LogP contribution in [0.3, 0.4) is 0 Å². The molecule has 1 aliphatic rings. The van der Waals surface area contributed by atoms with Crippen LogP contribution in [0.25, 0.3) is 0 Å². The highest BCUT2D eigenvalue weighted by Gasteiger charge is 2.33. The fourth-order valence-electron chi connectivity index (χ4n) is 3.12. The highest BCUT2D eigenvalue weighted by molar-refractivity contribution is 6.35. The first-order chi connectivity index (χ1) is 11.5. The predicted molar refractivity (Wildman–Crippen MR) is 97.2 cm³/mol. The van der Waals surface area contributed by atoms with Crippen LogP contribution in [0.5, 0.6) is 0 Å². The minimum absolute atomic E-state index is 0.0531. The number of hydrogen-bond donors (Lipinski definition) is 0. The van der Waals surface area contributed by atoms with E-state index in [9.17, 15) is 9.59 Å². The molecular weight excluding hydrogens is 347 g/mol. The lowest BCUT2D eigenvalue weighted by molar-refractivity contribution is -0.134. The summed E-state index contributed by atoms with van der Waals surface area (Å²) in [5, 5.41) is 1.12.